The molecule has 0 radical (unpaired) electrons. The molecule has 0 unspecified atom stereocenters. The molecule has 1 saturated carbocycles. The van der Waals surface area contributed by atoms with Crippen LogP contribution in [0, 0.1) is 17.5 Å². The maximum Gasteiger partial charge on any atom is 0.355 e. The van der Waals surface area contributed by atoms with Gasteiger partial charge in [-0.25, -0.2) is 32.3 Å². The van der Waals surface area contributed by atoms with Crippen molar-refractivity contribution in [2.45, 2.75) is 31.8 Å². The first-order chi connectivity index (χ1) is 18.7. The van der Waals surface area contributed by atoms with Gasteiger partial charge in [0.2, 0.25) is 5.95 Å². The van der Waals surface area contributed by atoms with E-state index in [0.717, 1.165) is 27.0 Å². The van der Waals surface area contributed by atoms with Gasteiger partial charge in [0.1, 0.15) is 5.82 Å². The molecule has 9 nitrogen and oxygen atoms in total. The second-order valence-electron chi connectivity index (χ2n) is 9.30. The molecule has 1 aliphatic carbocycles. The van der Waals surface area contributed by atoms with Crippen LogP contribution in [-0.4, -0.2) is 28.9 Å². The summed E-state index contributed by atoms with van der Waals surface area (Å²) in [7, 11) is 1.74. The monoisotopic (exact) mass is 573 g/mol. The maximum atomic E-state index is 14.6. The molecule has 200 valence electrons. The molecule has 5 aromatic rings. The van der Waals surface area contributed by atoms with Crippen LogP contribution in [-0.2, 0) is 20.1 Å². The van der Waals surface area contributed by atoms with Crippen LogP contribution in [0.25, 0.3) is 10.9 Å². The minimum Gasteiger partial charge on any atom is -0.324 e. The van der Waals surface area contributed by atoms with Crippen LogP contribution in [0.4, 0.5) is 24.8 Å². The van der Waals surface area contributed by atoms with Gasteiger partial charge in [0.15, 0.2) is 11.6 Å². The Morgan fingerprint density at radius 1 is 1.03 bits per heavy atom. The number of anilines is 2. The number of nitrogens with one attached hydrogen (secondary N) is 1. The lowest BCUT2D eigenvalue weighted by molar-refractivity contribution is 0.485. The summed E-state index contributed by atoms with van der Waals surface area (Å²) in [5.74, 6) is -3.56. The molecular weight excluding hydrogens is 555 g/mol. The van der Waals surface area contributed by atoms with E-state index in [2.05, 4.69) is 20.4 Å². The summed E-state index contributed by atoms with van der Waals surface area (Å²) < 4.78 is 45.5. The van der Waals surface area contributed by atoms with Crippen LogP contribution < -0.4 is 16.7 Å². The number of aryl methyl sites for hydroxylation is 1. The van der Waals surface area contributed by atoms with Crippen LogP contribution in [0.5, 0.6) is 0 Å². The van der Waals surface area contributed by atoms with Gasteiger partial charge in [0.25, 0.3) is 0 Å². The number of nitrogens with zero attached hydrogens (tertiary/aromatic N) is 6. The first-order valence-electron chi connectivity index (χ1n) is 11.9. The van der Waals surface area contributed by atoms with E-state index in [1.54, 1.807) is 35.4 Å². The third kappa shape index (κ3) is 4.94. The van der Waals surface area contributed by atoms with Crippen molar-refractivity contribution in [3.05, 3.63) is 95.6 Å². The third-order valence-corrected chi connectivity index (χ3v) is 7.71. The predicted octanol–water partition coefficient (Wildman–Crippen LogP) is 4.54. The van der Waals surface area contributed by atoms with Gasteiger partial charge in [-0.2, -0.15) is 10.1 Å². The van der Waals surface area contributed by atoms with Gasteiger partial charge in [-0.05, 0) is 31.0 Å². The first kappa shape index (κ1) is 25.3. The Morgan fingerprint density at radius 2 is 1.79 bits per heavy atom. The standard InChI is InChI=1S/C25H19ClF3N7O2S/c1-34-8-14-5-21(16(26)6-20(14)33-34)31-23-32-24(37)36(10-15-11-39-22(30-15)12-2-3-12)25(38)35(23)9-13-4-18(28)19(29)7-17(13)27/h4-8,11-12H,2-3,9-10H2,1H3,(H,31,32,37). The second-order valence-corrected chi connectivity index (χ2v) is 10.6. The largest absolute Gasteiger partial charge is 0.355 e. The van der Waals surface area contributed by atoms with Gasteiger partial charge in [0.05, 0.1) is 40.0 Å². The first-order valence-corrected chi connectivity index (χ1v) is 13.1. The smallest absolute Gasteiger partial charge is 0.324 e. The fourth-order valence-corrected chi connectivity index (χ4v) is 5.41. The number of benzene rings is 2. The SMILES string of the molecule is Cn1cc2cc(Nc3nc(=O)n(Cc4csc(C5CC5)n4)c(=O)n3Cc3cc(F)c(F)cc3F)c(Cl)cc2n1. The van der Waals surface area contributed by atoms with Crippen LogP contribution >= 0.6 is 22.9 Å². The van der Waals surface area contributed by atoms with Crippen molar-refractivity contribution in [3.63, 3.8) is 0 Å². The third-order valence-electron chi connectivity index (χ3n) is 6.34. The molecule has 39 heavy (non-hydrogen) atoms. The Balaban J connectivity index is 1.45. The molecule has 0 saturated heterocycles. The summed E-state index contributed by atoms with van der Waals surface area (Å²) in [6.07, 6.45) is 3.85. The van der Waals surface area contributed by atoms with Gasteiger partial charge >= 0.3 is 11.4 Å². The topological polar surface area (TPSA) is 99.6 Å². The Kier molecular flexibility index (Phi) is 6.26. The molecule has 1 aliphatic rings. The van der Waals surface area contributed by atoms with Crippen LogP contribution in [0.3, 0.4) is 0 Å². The van der Waals surface area contributed by atoms with Crippen LogP contribution in [0.2, 0.25) is 5.02 Å². The predicted molar refractivity (Wildman–Crippen MR) is 140 cm³/mol. The fourth-order valence-electron chi connectivity index (χ4n) is 4.22. The highest BCUT2D eigenvalue weighted by Crippen LogP contribution is 2.41. The van der Waals surface area contributed by atoms with Crippen LogP contribution in [0.1, 0.15) is 35.0 Å². The Bertz CT molecular complexity index is 1880. The highest BCUT2D eigenvalue weighted by molar-refractivity contribution is 7.09. The molecule has 3 aromatic heterocycles. The molecule has 0 aliphatic heterocycles. The number of rotatable bonds is 7. The molecule has 14 heteroatoms. The molecule has 6 rings (SSSR count). The second kappa shape index (κ2) is 9.65. The number of aromatic nitrogens is 6. The summed E-state index contributed by atoms with van der Waals surface area (Å²) in [4.78, 5) is 35.2. The summed E-state index contributed by atoms with van der Waals surface area (Å²) in [6.45, 7) is -0.703. The van der Waals surface area contributed by atoms with Gasteiger partial charge in [-0.3, -0.25) is 9.25 Å². The molecule has 0 atom stereocenters. The molecule has 1 N–H and O–H groups in total. The minimum atomic E-state index is -1.36. The van der Waals surface area contributed by atoms with E-state index in [1.807, 2.05) is 0 Å². The zero-order valence-electron chi connectivity index (χ0n) is 20.3. The maximum absolute atomic E-state index is 14.6. The molecule has 0 amide bonds. The summed E-state index contributed by atoms with van der Waals surface area (Å²) >= 11 is 7.88. The molecule has 0 bridgehead atoms. The minimum absolute atomic E-state index is 0.156. The average molecular weight is 574 g/mol. The van der Waals surface area contributed by atoms with Crippen molar-refractivity contribution in [2.24, 2.45) is 7.05 Å². The summed E-state index contributed by atoms with van der Waals surface area (Å²) in [6, 6.07) is 4.30. The number of hydrogen-bond acceptors (Lipinski definition) is 7. The van der Waals surface area contributed by atoms with E-state index in [4.69, 9.17) is 11.6 Å². The van der Waals surface area contributed by atoms with Crippen molar-refractivity contribution in [3.8, 4) is 0 Å². The summed E-state index contributed by atoms with van der Waals surface area (Å²) in [5, 5.41) is 10.8. The molecular formula is C25H19ClF3N7O2S. The lowest BCUT2D eigenvalue weighted by Crippen LogP contribution is -2.43. The normalized spacial score (nSPS) is 13.4. The van der Waals surface area contributed by atoms with E-state index >= 15 is 0 Å². The average Bonchev–Trinajstić information content (AvgIpc) is 3.52. The number of fused-ring (bicyclic) bond motifs is 1. The van der Waals surface area contributed by atoms with Crippen molar-refractivity contribution in [2.75, 3.05) is 5.32 Å². The van der Waals surface area contributed by atoms with E-state index < -0.39 is 35.4 Å². The molecule has 3 heterocycles. The Labute approximate surface area is 227 Å². The zero-order valence-corrected chi connectivity index (χ0v) is 21.9. The van der Waals surface area contributed by atoms with Crippen molar-refractivity contribution < 1.29 is 13.2 Å². The lowest BCUT2D eigenvalue weighted by atomic mass is 10.2. The van der Waals surface area contributed by atoms with E-state index in [0.29, 0.717) is 40.3 Å². The Morgan fingerprint density at radius 3 is 2.56 bits per heavy atom. The quantitative estimate of drug-likeness (QED) is 0.287. The van der Waals surface area contributed by atoms with E-state index in [-0.39, 0.29) is 23.1 Å². The number of hydrogen-bond donors (Lipinski definition) is 1. The highest BCUT2D eigenvalue weighted by atomic mass is 35.5. The van der Waals surface area contributed by atoms with Crippen molar-refractivity contribution in [1.82, 2.24) is 28.9 Å². The zero-order chi connectivity index (χ0) is 27.4. The van der Waals surface area contributed by atoms with E-state index in [1.165, 1.54) is 11.3 Å². The van der Waals surface area contributed by atoms with Gasteiger partial charge in [-0.15, -0.1) is 11.3 Å². The van der Waals surface area contributed by atoms with Crippen molar-refractivity contribution in [1.29, 1.82) is 0 Å². The number of thiazole rings is 1. The molecule has 1 fully saturated rings. The van der Waals surface area contributed by atoms with Gasteiger partial charge < -0.3 is 5.32 Å². The summed E-state index contributed by atoms with van der Waals surface area (Å²) in [5.41, 5.74) is -0.602. The Hall–Kier alpha value is -3.97. The fraction of sp³-hybridized carbons (Fsp3) is 0.240. The highest BCUT2D eigenvalue weighted by Gasteiger charge is 2.27. The molecule has 2 aromatic carbocycles. The van der Waals surface area contributed by atoms with Crippen molar-refractivity contribution >= 4 is 45.5 Å². The lowest BCUT2D eigenvalue weighted by Gasteiger charge is -2.16. The van der Waals surface area contributed by atoms with E-state index in [9.17, 15) is 22.8 Å². The van der Waals surface area contributed by atoms with Crippen LogP contribution in [0.15, 0.2) is 45.4 Å². The number of halogens is 4. The molecule has 0 spiro atoms. The van der Waals surface area contributed by atoms with Gasteiger partial charge in [-0.1, -0.05) is 11.6 Å². The van der Waals surface area contributed by atoms with Gasteiger partial charge in [0, 0.05) is 41.6 Å².